The summed E-state index contributed by atoms with van der Waals surface area (Å²) in [5.41, 5.74) is 11.0. The van der Waals surface area contributed by atoms with Crippen LogP contribution in [-0.4, -0.2) is 38.3 Å². The van der Waals surface area contributed by atoms with E-state index in [1.165, 1.54) is 0 Å². The van der Waals surface area contributed by atoms with Crippen LogP contribution in [0.25, 0.3) is 0 Å². The molecular formula is C9H19N3O2. The molecule has 0 bridgehead atoms. The van der Waals surface area contributed by atoms with Gasteiger partial charge in [-0.1, -0.05) is 0 Å². The lowest BCUT2D eigenvalue weighted by atomic mass is 10.0. The summed E-state index contributed by atoms with van der Waals surface area (Å²) in [4.78, 5) is 11.5. The van der Waals surface area contributed by atoms with E-state index < -0.39 is 0 Å². The molecule has 82 valence electrons. The Hall–Kier alpha value is -0.650. The summed E-state index contributed by atoms with van der Waals surface area (Å²) < 4.78 is 5.11. The van der Waals surface area contributed by atoms with Gasteiger partial charge in [0.1, 0.15) is 0 Å². The highest BCUT2D eigenvalue weighted by Gasteiger charge is 2.30. The number of carbonyl (C=O) groups excluding carboxylic acids is 1. The number of ether oxygens (including phenoxy) is 1. The van der Waals surface area contributed by atoms with Gasteiger partial charge in [0.2, 0.25) is 5.91 Å². The predicted molar refractivity (Wildman–Crippen MR) is 53.6 cm³/mol. The zero-order valence-corrected chi connectivity index (χ0v) is 8.37. The minimum absolute atomic E-state index is 0.00650. The van der Waals surface area contributed by atoms with Crippen LogP contribution in [0.4, 0.5) is 0 Å². The van der Waals surface area contributed by atoms with E-state index in [1.807, 2.05) is 0 Å². The van der Waals surface area contributed by atoms with Crippen LogP contribution in [0.1, 0.15) is 12.8 Å². The van der Waals surface area contributed by atoms with Crippen LogP contribution in [-0.2, 0) is 9.53 Å². The summed E-state index contributed by atoms with van der Waals surface area (Å²) >= 11 is 0. The smallest absolute Gasteiger partial charge is 0.227 e. The lowest BCUT2D eigenvalue weighted by molar-refractivity contribution is -0.125. The summed E-state index contributed by atoms with van der Waals surface area (Å²) in [7, 11) is 0. The second-order valence-corrected chi connectivity index (χ2v) is 3.59. The minimum atomic E-state index is -0.173. The highest BCUT2D eigenvalue weighted by Crippen LogP contribution is 2.11. The zero-order chi connectivity index (χ0) is 10.4. The third kappa shape index (κ3) is 3.25. The van der Waals surface area contributed by atoms with Crippen molar-refractivity contribution in [2.75, 3.05) is 26.3 Å². The maximum absolute atomic E-state index is 11.5. The first-order valence-corrected chi connectivity index (χ1v) is 5.07. The highest BCUT2D eigenvalue weighted by atomic mass is 16.5. The highest BCUT2D eigenvalue weighted by molar-refractivity contribution is 5.79. The van der Waals surface area contributed by atoms with Crippen molar-refractivity contribution in [1.82, 2.24) is 5.32 Å². The van der Waals surface area contributed by atoms with Crippen molar-refractivity contribution in [2.45, 2.75) is 18.9 Å². The van der Waals surface area contributed by atoms with Gasteiger partial charge < -0.3 is 21.5 Å². The molecule has 0 aliphatic carbocycles. The fraction of sp³-hybridized carbons (Fsp3) is 0.889. The zero-order valence-electron chi connectivity index (χ0n) is 8.37. The van der Waals surface area contributed by atoms with Gasteiger partial charge in [0.05, 0.1) is 19.1 Å². The Morgan fingerprint density at radius 1 is 1.43 bits per heavy atom. The Morgan fingerprint density at radius 2 is 2.21 bits per heavy atom. The molecule has 2 unspecified atom stereocenters. The van der Waals surface area contributed by atoms with Gasteiger partial charge in [-0.3, -0.25) is 4.79 Å². The van der Waals surface area contributed by atoms with E-state index in [4.69, 9.17) is 16.2 Å². The van der Waals surface area contributed by atoms with Crippen molar-refractivity contribution in [2.24, 2.45) is 17.4 Å². The van der Waals surface area contributed by atoms with Crippen LogP contribution in [0, 0.1) is 5.92 Å². The third-order valence-electron chi connectivity index (χ3n) is 2.39. The molecule has 0 spiro atoms. The molecular weight excluding hydrogens is 182 g/mol. The van der Waals surface area contributed by atoms with Gasteiger partial charge in [-0.2, -0.15) is 0 Å². The Labute approximate surface area is 84.2 Å². The third-order valence-corrected chi connectivity index (χ3v) is 2.39. The van der Waals surface area contributed by atoms with Crippen molar-refractivity contribution < 1.29 is 9.53 Å². The fourth-order valence-electron chi connectivity index (χ4n) is 1.45. The Bertz CT molecular complexity index is 187. The molecule has 1 heterocycles. The molecule has 1 saturated heterocycles. The molecule has 2 atom stereocenters. The summed E-state index contributed by atoms with van der Waals surface area (Å²) in [6.45, 7) is 2.28. The van der Waals surface area contributed by atoms with Gasteiger partial charge in [0, 0.05) is 12.6 Å². The van der Waals surface area contributed by atoms with Crippen LogP contribution >= 0.6 is 0 Å². The minimum Gasteiger partial charge on any atom is -0.379 e. The van der Waals surface area contributed by atoms with E-state index in [-0.39, 0.29) is 17.9 Å². The Kier molecular flexibility index (Phi) is 4.86. The van der Waals surface area contributed by atoms with Crippen molar-refractivity contribution in [3.63, 3.8) is 0 Å². The molecule has 5 nitrogen and oxygen atoms in total. The van der Waals surface area contributed by atoms with E-state index in [2.05, 4.69) is 5.32 Å². The molecule has 1 aliphatic rings. The molecule has 1 fully saturated rings. The molecule has 1 aliphatic heterocycles. The quantitative estimate of drug-likeness (QED) is 0.488. The normalized spacial score (nSPS) is 26.4. The van der Waals surface area contributed by atoms with E-state index in [1.54, 1.807) is 0 Å². The maximum Gasteiger partial charge on any atom is 0.227 e. The first-order valence-electron chi connectivity index (χ1n) is 5.07. The molecule has 0 aromatic heterocycles. The van der Waals surface area contributed by atoms with E-state index in [0.717, 1.165) is 12.8 Å². The molecule has 0 saturated carbocycles. The number of hydrogen-bond acceptors (Lipinski definition) is 4. The largest absolute Gasteiger partial charge is 0.379 e. The molecule has 5 heteroatoms. The van der Waals surface area contributed by atoms with Gasteiger partial charge in [0.15, 0.2) is 0 Å². The van der Waals surface area contributed by atoms with E-state index in [9.17, 15) is 4.79 Å². The Morgan fingerprint density at radius 3 is 2.79 bits per heavy atom. The summed E-state index contributed by atoms with van der Waals surface area (Å²) in [6.07, 6.45) is 1.86. The number of carbonyl (C=O) groups is 1. The number of nitrogens with two attached hydrogens (primary N) is 2. The van der Waals surface area contributed by atoms with Crippen LogP contribution in [0.15, 0.2) is 0 Å². The van der Waals surface area contributed by atoms with Gasteiger partial charge in [-0.05, 0) is 19.4 Å². The van der Waals surface area contributed by atoms with E-state index >= 15 is 0 Å². The molecule has 0 aromatic carbocycles. The molecule has 1 amide bonds. The number of unbranched alkanes of at least 4 members (excludes halogenated alkanes) is 1. The molecule has 0 aromatic rings. The molecule has 0 radical (unpaired) electrons. The maximum atomic E-state index is 11.5. The fourth-order valence-corrected chi connectivity index (χ4v) is 1.45. The summed E-state index contributed by atoms with van der Waals surface area (Å²) in [5, 5.41) is 2.84. The van der Waals surface area contributed by atoms with Crippen LogP contribution in [0.3, 0.4) is 0 Å². The topological polar surface area (TPSA) is 90.4 Å². The molecule has 1 rings (SSSR count). The molecule has 14 heavy (non-hydrogen) atoms. The number of hydrogen-bond donors (Lipinski definition) is 3. The van der Waals surface area contributed by atoms with Gasteiger partial charge in [0.25, 0.3) is 0 Å². The SMILES string of the molecule is NCCCCNC(=O)C1COCC1N. The number of rotatable bonds is 5. The first kappa shape index (κ1) is 11.4. The lowest BCUT2D eigenvalue weighted by Gasteiger charge is -2.12. The average molecular weight is 201 g/mol. The standard InChI is InChI=1S/C9H19N3O2/c10-3-1-2-4-12-9(13)7-5-14-6-8(7)11/h7-8H,1-6,10-11H2,(H,12,13). The van der Waals surface area contributed by atoms with Gasteiger partial charge in [-0.25, -0.2) is 0 Å². The summed E-state index contributed by atoms with van der Waals surface area (Å²) in [5.74, 6) is -0.167. The first-order chi connectivity index (χ1) is 6.75. The van der Waals surface area contributed by atoms with Crippen LogP contribution in [0.2, 0.25) is 0 Å². The van der Waals surface area contributed by atoms with Crippen molar-refractivity contribution in [3.8, 4) is 0 Å². The van der Waals surface area contributed by atoms with E-state index in [0.29, 0.717) is 26.3 Å². The van der Waals surface area contributed by atoms with Gasteiger partial charge in [-0.15, -0.1) is 0 Å². The number of nitrogens with one attached hydrogen (secondary N) is 1. The van der Waals surface area contributed by atoms with Crippen molar-refractivity contribution in [3.05, 3.63) is 0 Å². The average Bonchev–Trinajstić information content (AvgIpc) is 2.59. The van der Waals surface area contributed by atoms with Crippen LogP contribution < -0.4 is 16.8 Å². The summed E-state index contributed by atoms with van der Waals surface area (Å²) in [6, 6.07) is -0.149. The van der Waals surface area contributed by atoms with Crippen molar-refractivity contribution in [1.29, 1.82) is 0 Å². The monoisotopic (exact) mass is 201 g/mol. The lowest BCUT2D eigenvalue weighted by Crippen LogP contribution is -2.41. The van der Waals surface area contributed by atoms with Crippen molar-refractivity contribution >= 4 is 5.91 Å². The second kappa shape index (κ2) is 5.95. The second-order valence-electron chi connectivity index (χ2n) is 3.59. The predicted octanol–water partition coefficient (Wildman–Crippen LogP) is -1.18. The number of amides is 1. The Balaban J connectivity index is 2.14. The van der Waals surface area contributed by atoms with Gasteiger partial charge >= 0.3 is 0 Å². The molecule has 5 N–H and O–H groups in total. The van der Waals surface area contributed by atoms with Crippen LogP contribution in [0.5, 0.6) is 0 Å².